The number of allylic oxidation sites excluding steroid dienone is 1. The van der Waals surface area contributed by atoms with Crippen molar-refractivity contribution in [2.75, 3.05) is 11.9 Å². The molecule has 0 spiro atoms. The lowest BCUT2D eigenvalue weighted by atomic mass is 10.3. The standard InChI is InChI=1S/C13H12N4OS/c1-2-18-12-5-3-11(4-6-12)17-13(19)16-9-10(7-14)8-15/h3-6,9H,2H2,1H3,(H2,16,17,19). The molecule has 0 radical (unpaired) electrons. The number of ether oxygens (including phenoxy) is 1. The van der Waals surface area contributed by atoms with Gasteiger partial charge in [0.25, 0.3) is 0 Å². The molecule has 6 heteroatoms. The summed E-state index contributed by atoms with van der Waals surface area (Å²) in [6.45, 7) is 2.53. The molecule has 96 valence electrons. The lowest BCUT2D eigenvalue weighted by Gasteiger charge is -2.08. The molecule has 0 bridgehead atoms. The molecule has 0 fully saturated rings. The predicted octanol–water partition coefficient (Wildman–Crippen LogP) is 2.30. The highest BCUT2D eigenvalue weighted by Gasteiger charge is 1.98. The van der Waals surface area contributed by atoms with Gasteiger partial charge in [-0.3, -0.25) is 0 Å². The molecule has 0 aromatic heterocycles. The van der Waals surface area contributed by atoms with Gasteiger partial charge in [0.15, 0.2) is 5.11 Å². The van der Waals surface area contributed by atoms with E-state index in [9.17, 15) is 0 Å². The molecule has 0 aliphatic carbocycles. The fraction of sp³-hybridized carbons (Fsp3) is 0.154. The second kappa shape index (κ2) is 7.70. The largest absolute Gasteiger partial charge is 0.494 e. The highest BCUT2D eigenvalue weighted by Crippen LogP contribution is 2.15. The Labute approximate surface area is 117 Å². The summed E-state index contributed by atoms with van der Waals surface area (Å²) in [5.74, 6) is 0.781. The first-order valence-corrected chi connectivity index (χ1v) is 5.91. The summed E-state index contributed by atoms with van der Waals surface area (Å²) in [7, 11) is 0. The van der Waals surface area contributed by atoms with Crippen LogP contribution < -0.4 is 15.4 Å². The molecule has 1 rings (SSSR count). The summed E-state index contributed by atoms with van der Waals surface area (Å²) in [5, 5.41) is 23.0. The van der Waals surface area contributed by atoms with E-state index < -0.39 is 0 Å². The number of nitrogens with one attached hydrogen (secondary N) is 2. The van der Waals surface area contributed by atoms with Crippen molar-refractivity contribution in [1.29, 1.82) is 10.5 Å². The molecule has 0 aliphatic heterocycles. The summed E-state index contributed by atoms with van der Waals surface area (Å²) in [4.78, 5) is 0. The van der Waals surface area contributed by atoms with Crippen molar-refractivity contribution in [3.8, 4) is 17.9 Å². The Morgan fingerprint density at radius 1 is 1.32 bits per heavy atom. The molecule has 2 N–H and O–H groups in total. The number of thiocarbonyl (C=S) groups is 1. The van der Waals surface area contributed by atoms with Crippen LogP contribution in [0.1, 0.15) is 6.92 Å². The zero-order valence-electron chi connectivity index (χ0n) is 10.3. The van der Waals surface area contributed by atoms with Gasteiger partial charge in [-0.2, -0.15) is 10.5 Å². The number of nitriles is 2. The predicted molar refractivity (Wildman–Crippen MR) is 76.3 cm³/mol. The first kappa shape index (κ1) is 14.5. The Balaban J connectivity index is 2.56. The van der Waals surface area contributed by atoms with Gasteiger partial charge in [0.2, 0.25) is 0 Å². The van der Waals surface area contributed by atoms with Crippen LogP contribution >= 0.6 is 12.2 Å². The van der Waals surface area contributed by atoms with Gasteiger partial charge in [-0.05, 0) is 43.4 Å². The first-order chi connectivity index (χ1) is 9.19. The van der Waals surface area contributed by atoms with Crippen LogP contribution in [0.15, 0.2) is 36.0 Å². The van der Waals surface area contributed by atoms with Gasteiger partial charge in [-0.15, -0.1) is 0 Å². The fourth-order valence-electron chi connectivity index (χ4n) is 1.20. The Kier molecular flexibility index (Phi) is 5.87. The minimum Gasteiger partial charge on any atom is -0.494 e. The third-order valence-electron chi connectivity index (χ3n) is 2.01. The smallest absolute Gasteiger partial charge is 0.174 e. The minimum absolute atomic E-state index is 0.0455. The van der Waals surface area contributed by atoms with Crippen LogP contribution in [0.25, 0.3) is 0 Å². The maximum atomic E-state index is 8.55. The van der Waals surface area contributed by atoms with Crippen LogP contribution in [0.3, 0.4) is 0 Å². The van der Waals surface area contributed by atoms with Gasteiger partial charge < -0.3 is 15.4 Å². The summed E-state index contributed by atoms with van der Waals surface area (Å²) >= 11 is 5.02. The van der Waals surface area contributed by atoms with Gasteiger partial charge >= 0.3 is 0 Å². The molecule has 0 saturated carbocycles. The molecular weight excluding hydrogens is 260 g/mol. The van der Waals surface area contributed by atoms with Crippen molar-refractivity contribution in [2.45, 2.75) is 6.92 Å². The normalized spacial score (nSPS) is 8.58. The highest BCUT2D eigenvalue weighted by atomic mass is 32.1. The van der Waals surface area contributed by atoms with E-state index in [1.165, 1.54) is 6.20 Å². The van der Waals surface area contributed by atoms with Crippen LogP contribution in [0.5, 0.6) is 5.75 Å². The van der Waals surface area contributed by atoms with Gasteiger partial charge in [-0.1, -0.05) is 0 Å². The monoisotopic (exact) mass is 272 g/mol. The molecule has 0 aliphatic rings. The van der Waals surface area contributed by atoms with Crippen molar-refractivity contribution >= 4 is 23.0 Å². The van der Waals surface area contributed by atoms with E-state index in [0.717, 1.165) is 11.4 Å². The Hall–Kier alpha value is -2.57. The number of hydrogen-bond donors (Lipinski definition) is 2. The van der Waals surface area contributed by atoms with Gasteiger partial charge in [0.1, 0.15) is 23.5 Å². The molecule has 0 amide bonds. The SMILES string of the molecule is CCOc1ccc(NC(=S)NC=C(C#N)C#N)cc1. The molecule has 0 atom stereocenters. The Bertz CT molecular complexity index is 535. The molecule has 19 heavy (non-hydrogen) atoms. The van der Waals surface area contributed by atoms with Crippen molar-refractivity contribution in [1.82, 2.24) is 5.32 Å². The van der Waals surface area contributed by atoms with E-state index in [0.29, 0.717) is 11.7 Å². The highest BCUT2D eigenvalue weighted by molar-refractivity contribution is 7.80. The summed E-state index contributed by atoms with van der Waals surface area (Å²) < 4.78 is 5.32. The summed E-state index contributed by atoms with van der Waals surface area (Å²) in [5.41, 5.74) is 0.737. The maximum Gasteiger partial charge on any atom is 0.174 e. The number of rotatable bonds is 4. The van der Waals surface area contributed by atoms with E-state index in [4.69, 9.17) is 27.5 Å². The zero-order chi connectivity index (χ0) is 14.1. The van der Waals surface area contributed by atoms with Gasteiger partial charge in [0.05, 0.1) is 6.61 Å². The van der Waals surface area contributed by atoms with Crippen LogP contribution in [0, 0.1) is 22.7 Å². The Morgan fingerprint density at radius 3 is 2.47 bits per heavy atom. The van der Waals surface area contributed by atoms with Crippen molar-refractivity contribution in [3.63, 3.8) is 0 Å². The van der Waals surface area contributed by atoms with Crippen molar-refractivity contribution in [2.24, 2.45) is 0 Å². The van der Waals surface area contributed by atoms with E-state index in [2.05, 4.69) is 10.6 Å². The average molecular weight is 272 g/mol. The summed E-state index contributed by atoms with van der Waals surface area (Å²) in [6, 6.07) is 10.7. The molecular formula is C13H12N4OS. The van der Waals surface area contributed by atoms with Crippen LogP contribution in [-0.2, 0) is 0 Å². The second-order valence-electron chi connectivity index (χ2n) is 3.34. The third kappa shape index (κ3) is 5.07. The maximum absolute atomic E-state index is 8.55. The molecule has 0 saturated heterocycles. The number of hydrogen-bond acceptors (Lipinski definition) is 4. The van der Waals surface area contributed by atoms with Crippen LogP contribution in [-0.4, -0.2) is 11.7 Å². The van der Waals surface area contributed by atoms with E-state index in [-0.39, 0.29) is 5.57 Å². The van der Waals surface area contributed by atoms with Crippen LogP contribution in [0.2, 0.25) is 0 Å². The lowest BCUT2D eigenvalue weighted by molar-refractivity contribution is 0.340. The third-order valence-corrected chi connectivity index (χ3v) is 2.23. The molecule has 0 unspecified atom stereocenters. The van der Waals surface area contributed by atoms with E-state index >= 15 is 0 Å². The molecule has 0 heterocycles. The van der Waals surface area contributed by atoms with Gasteiger partial charge in [0, 0.05) is 11.9 Å². The lowest BCUT2D eigenvalue weighted by Crippen LogP contribution is -2.23. The topological polar surface area (TPSA) is 80.9 Å². The second-order valence-corrected chi connectivity index (χ2v) is 3.75. The minimum atomic E-state index is -0.0455. The van der Waals surface area contributed by atoms with E-state index in [1.54, 1.807) is 12.1 Å². The zero-order valence-corrected chi connectivity index (χ0v) is 11.1. The number of nitrogens with zero attached hydrogens (tertiary/aromatic N) is 2. The number of benzene rings is 1. The van der Waals surface area contributed by atoms with Gasteiger partial charge in [-0.25, -0.2) is 0 Å². The fourth-order valence-corrected chi connectivity index (χ4v) is 1.37. The molecule has 1 aromatic carbocycles. The van der Waals surface area contributed by atoms with Crippen molar-refractivity contribution in [3.05, 3.63) is 36.0 Å². The quantitative estimate of drug-likeness (QED) is 0.646. The van der Waals surface area contributed by atoms with E-state index in [1.807, 2.05) is 31.2 Å². The Morgan fingerprint density at radius 2 is 1.95 bits per heavy atom. The average Bonchev–Trinajstić information content (AvgIpc) is 2.42. The molecule has 1 aromatic rings. The molecule has 5 nitrogen and oxygen atoms in total. The summed E-state index contributed by atoms with van der Waals surface area (Å²) in [6.07, 6.45) is 1.25. The van der Waals surface area contributed by atoms with Crippen LogP contribution in [0.4, 0.5) is 5.69 Å². The van der Waals surface area contributed by atoms with Crippen molar-refractivity contribution < 1.29 is 4.74 Å². The first-order valence-electron chi connectivity index (χ1n) is 5.50. The number of anilines is 1.